The van der Waals surface area contributed by atoms with Gasteiger partial charge in [-0.15, -0.1) is 0 Å². The molecule has 10 heteroatoms. The molecular weight excluding hydrogens is 300 g/mol. The molecule has 0 bridgehead atoms. The minimum absolute atomic E-state index is 0.0971. The van der Waals surface area contributed by atoms with Crippen LogP contribution in [0.25, 0.3) is 10.9 Å². The molecule has 23 heavy (non-hydrogen) atoms. The number of carbonyl (C=O) groups is 1. The first-order valence-electron chi connectivity index (χ1n) is 6.87. The summed E-state index contributed by atoms with van der Waals surface area (Å²) in [4.78, 5) is 14.9. The van der Waals surface area contributed by atoms with Crippen LogP contribution in [0.4, 0.5) is 0 Å². The van der Waals surface area contributed by atoms with Crippen LogP contribution in [0.15, 0.2) is 0 Å². The minimum atomic E-state index is -1.46. The smallest absolute Gasteiger partial charge is 0.220 e. The Labute approximate surface area is 147 Å². The molecule has 1 heterocycles. The first-order chi connectivity index (χ1) is 10.5. The zero-order valence-electron chi connectivity index (χ0n) is 12.2. The van der Waals surface area contributed by atoms with Gasteiger partial charge >= 0.3 is 0 Å². The molecule has 1 aromatic heterocycles. The Hall–Kier alpha value is -1.09. The van der Waals surface area contributed by atoms with Crippen LogP contribution in [0.1, 0.15) is 24.1 Å². The number of benzene rings is 1. The molecule has 1 aliphatic rings. The van der Waals surface area contributed by atoms with E-state index in [2.05, 4.69) is 4.98 Å². The highest BCUT2D eigenvalue weighted by Crippen LogP contribution is 2.44. The van der Waals surface area contributed by atoms with E-state index < -0.39 is 16.4 Å². The molecule has 3 nitrogen and oxygen atoms in total. The molecule has 3 rings (SSSR count). The summed E-state index contributed by atoms with van der Waals surface area (Å²) in [6.45, 7) is 0. The highest BCUT2D eigenvalue weighted by Gasteiger charge is 2.45. The maximum Gasteiger partial charge on any atom is 0.220 e. The van der Waals surface area contributed by atoms with Crippen molar-refractivity contribution < 1.29 is 4.79 Å². The van der Waals surface area contributed by atoms with Crippen molar-refractivity contribution in [3.8, 4) is 0 Å². The number of hydrogen-bond donors (Lipinski definition) is 2. The molecule has 0 saturated carbocycles. The molecule has 0 saturated heterocycles. The summed E-state index contributed by atoms with van der Waals surface area (Å²) in [6, 6.07) is 0. The fourth-order valence-corrected chi connectivity index (χ4v) is 3.38. The van der Waals surface area contributed by atoms with Gasteiger partial charge in [-0.25, -0.2) is 0 Å². The van der Waals surface area contributed by atoms with Crippen molar-refractivity contribution in [3.05, 3.63) is 16.3 Å². The molecule has 100 valence electrons. The average molecular weight is 308 g/mol. The Morgan fingerprint density at radius 3 is 2.26 bits per heavy atom. The number of nitrogens with one attached hydrogen (secondary N) is 1. The van der Waals surface area contributed by atoms with E-state index in [9.17, 15) is 4.79 Å². The Kier molecular flexibility index (Phi) is 3.61. The number of hydrogen-bond acceptors (Lipinski definition) is 1. The van der Waals surface area contributed by atoms with Gasteiger partial charge in [0, 0.05) is 21.5 Å². The highest BCUT2D eigenvalue weighted by atomic mass is 35.5. The van der Waals surface area contributed by atoms with E-state index >= 15 is 0 Å². The Bertz CT molecular complexity index is 864. The Morgan fingerprint density at radius 2 is 1.70 bits per heavy atom. The van der Waals surface area contributed by atoms with Crippen LogP contribution in [0, 0.1) is 0 Å². The number of fused-ring (bicyclic) bond motifs is 3. The largest absolute Gasteiger partial charge is 0.370 e. The molecular formula is C13H7B6ClN2O. The first-order valence-corrected chi connectivity index (χ1v) is 7.25. The van der Waals surface area contributed by atoms with Crippen molar-refractivity contribution in [2.45, 2.75) is 23.4 Å². The standard InChI is InChI=1S/C13H7B6ClN2O/c14-5-3-4-10(22-9(3)7(16)6(15)8(5)20)12(17,11(21)23)1-2-13(4,18)19/h22H,1-2H2,(H2,21,23). The van der Waals surface area contributed by atoms with Crippen molar-refractivity contribution in [2.75, 3.05) is 0 Å². The van der Waals surface area contributed by atoms with Gasteiger partial charge in [0.2, 0.25) is 5.91 Å². The van der Waals surface area contributed by atoms with Crippen molar-refractivity contribution in [3.63, 3.8) is 0 Å². The lowest BCUT2D eigenvalue weighted by Crippen LogP contribution is -2.49. The van der Waals surface area contributed by atoms with Crippen LogP contribution >= 0.6 is 11.6 Å². The molecule has 0 aliphatic heterocycles. The summed E-state index contributed by atoms with van der Waals surface area (Å²) in [5.74, 6) is -0.711. The van der Waals surface area contributed by atoms with Crippen LogP contribution in [0.2, 0.25) is 5.02 Å². The molecule has 12 radical (unpaired) electrons. The lowest BCUT2D eigenvalue weighted by atomic mass is 9.41. The van der Waals surface area contributed by atoms with Crippen molar-refractivity contribution in [1.82, 2.24) is 4.98 Å². The van der Waals surface area contributed by atoms with E-state index in [4.69, 9.17) is 64.4 Å². The number of aromatic amines is 1. The van der Waals surface area contributed by atoms with Gasteiger partial charge in [0.15, 0.2) is 0 Å². The third-order valence-corrected chi connectivity index (χ3v) is 4.99. The number of nitrogens with two attached hydrogens (primary N) is 1. The van der Waals surface area contributed by atoms with E-state index in [1.54, 1.807) is 0 Å². The molecule has 1 aliphatic carbocycles. The third kappa shape index (κ3) is 2.08. The van der Waals surface area contributed by atoms with E-state index in [0.29, 0.717) is 16.5 Å². The van der Waals surface area contributed by atoms with Gasteiger partial charge in [-0.1, -0.05) is 39.6 Å². The summed E-state index contributed by atoms with van der Waals surface area (Å²) in [5.41, 5.74) is 7.00. The summed E-state index contributed by atoms with van der Waals surface area (Å²) in [5, 5.41) is -2.22. The molecule has 0 fully saturated rings. The van der Waals surface area contributed by atoms with Crippen molar-refractivity contribution >= 4 is 91.9 Å². The SMILES string of the molecule is [B]c1c(Cl)c([B])c2c3c([nH]c2c1[B])C([B])(C(N)=O)CCC3([B])[B]. The molecule has 2 aromatic rings. The third-order valence-electron chi connectivity index (χ3n) is 4.59. The summed E-state index contributed by atoms with van der Waals surface area (Å²) in [6.07, 6.45) is 0.409. The highest BCUT2D eigenvalue weighted by molar-refractivity contribution is 6.63. The second-order valence-electron chi connectivity index (χ2n) is 6.06. The number of amides is 1. The van der Waals surface area contributed by atoms with Gasteiger partial charge in [0.1, 0.15) is 23.5 Å². The summed E-state index contributed by atoms with van der Waals surface area (Å²) in [7, 11) is 36.6. The van der Waals surface area contributed by atoms with E-state index in [-0.39, 0.29) is 39.9 Å². The summed E-state index contributed by atoms with van der Waals surface area (Å²) < 4.78 is 0. The quantitative estimate of drug-likeness (QED) is 0.555. The fraction of sp³-hybridized carbons (Fsp3) is 0.308. The van der Waals surface area contributed by atoms with Gasteiger partial charge in [0.05, 0.1) is 23.5 Å². The predicted octanol–water partition coefficient (Wildman–Crippen LogP) is -2.66. The average Bonchev–Trinajstić information content (AvgIpc) is 2.90. The minimum Gasteiger partial charge on any atom is -0.370 e. The molecule has 3 N–H and O–H groups in total. The van der Waals surface area contributed by atoms with Crippen LogP contribution in [-0.2, 0) is 15.3 Å². The normalized spacial score (nSPS) is 22.8. The van der Waals surface area contributed by atoms with Gasteiger partial charge in [-0.2, -0.15) is 0 Å². The predicted molar refractivity (Wildman–Crippen MR) is 98.5 cm³/mol. The second kappa shape index (κ2) is 4.95. The lowest BCUT2D eigenvalue weighted by molar-refractivity contribution is -0.121. The first kappa shape index (κ1) is 16.8. The number of rotatable bonds is 1. The van der Waals surface area contributed by atoms with Crippen LogP contribution < -0.4 is 22.1 Å². The Balaban J connectivity index is 2.54. The molecule has 1 aromatic carbocycles. The van der Waals surface area contributed by atoms with Crippen LogP contribution in [0.3, 0.4) is 0 Å². The van der Waals surface area contributed by atoms with Crippen molar-refractivity contribution in [2.24, 2.45) is 5.73 Å². The van der Waals surface area contributed by atoms with Crippen LogP contribution in [0.5, 0.6) is 0 Å². The van der Waals surface area contributed by atoms with Gasteiger partial charge in [-0.3, -0.25) is 4.79 Å². The van der Waals surface area contributed by atoms with Crippen molar-refractivity contribution in [1.29, 1.82) is 0 Å². The monoisotopic (exact) mass is 308 g/mol. The van der Waals surface area contributed by atoms with Crippen LogP contribution in [-0.4, -0.2) is 58.0 Å². The number of halogens is 1. The van der Waals surface area contributed by atoms with E-state index in [1.807, 2.05) is 0 Å². The van der Waals surface area contributed by atoms with Gasteiger partial charge in [-0.05, 0) is 17.4 Å². The number of aromatic nitrogens is 1. The molecule has 1 atom stereocenters. The molecule has 0 spiro atoms. The maximum absolute atomic E-state index is 11.9. The zero-order chi connectivity index (χ0) is 17.3. The van der Waals surface area contributed by atoms with E-state index in [1.165, 1.54) is 0 Å². The molecule has 1 unspecified atom stereocenters. The number of primary amides is 1. The fourth-order valence-electron chi connectivity index (χ4n) is 3.18. The maximum atomic E-state index is 11.9. The van der Waals surface area contributed by atoms with Gasteiger partial charge in [0.25, 0.3) is 0 Å². The number of carbonyl (C=O) groups excluding carboxylic acids is 1. The second-order valence-corrected chi connectivity index (χ2v) is 6.43. The molecule has 1 amide bonds. The summed E-state index contributed by atoms with van der Waals surface area (Å²) >= 11 is 6.14. The topological polar surface area (TPSA) is 58.9 Å². The van der Waals surface area contributed by atoms with Gasteiger partial charge < -0.3 is 10.7 Å². The Morgan fingerprint density at radius 1 is 1.09 bits per heavy atom. The lowest BCUT2D eigenvalue weighted by Gasteiger charge is -2.41. The number of H-pyrrole nitrogens is 1. The zero-order valence-corrected chi connectivity index (χ0v) is 13.0. The van der Waals surface area contributed by atoms with E-state index in [0.717, 1.165) is 0 Å².